The second-order valence-electron chi connectivity index (χ2n) is 10.2. The lowest BCUT2D eigenvalue weighted by Gasteiger charge is -2.40. The maximum absolute atomic E-state index is 13.9. The van der Waals surface area contributed by atoms with Crippen LogP contribution in [0.25, 0.3) is 10.2 Å². The number of primary amides is 1. The average Bonchev–Trinajstić information content (AvgIpc) is 3.40. The molecular weight excluding hydrogens is 538 g/mol. The van der Waals surface area contributed by atoms with Gasteiger partial charge < -0.3 is 10.8 Å². The van der Waals surface area contributed by atoms with E-state index in [2.05, 4.69) is 34.6 Å². The Kier molecular flexibility index (Phi) is 8.91. The topological polar surface area (TPSA) is 129 Å². The summed E-state index contributed by atoms with van der Waals surface area (Å²) in [5.74, 6) is -2.01. The van der Waals surface area contributed by atoms with Crippen LogP contribution in [0.1, 0.15) is 36.3 Å². The molecule has 2 heterocycles. The van der Waals surface area contributed by atoms with Gasteiger partial charge in [-0.1, -0.05) is 84.1 Å². The summed E-state index contributed by atoms with van der Waals surface area (Å²) in [6, 6.07) is 27.3. The number of nitrogens with two attached hydrogens (primary N) is 1. The van der Waals surface area contributed by atoms with Crippen molar-refractivity contribution in [3.8, 4) is 0 Å². The molecule has 4 N–H and O–H groups in total. The fourth-order valence-electron chi connectivity index (χ4n) is 5.51. The van der Waals surface area contributed by atoms with Gasteiger partial charge in [0.15, 0.2) is 11.3 Å². The highest BCUT2D eigenvalue weighted by molar-refractivity contribution is 7.22. The number of carboxylic acids is 1. The minimum absolute atomic E-state index is 0.0265. The molecule has 3 aromatic carbocycles. The minimum Gasteiger partial charge on any atom is -0.481 e. The Morgan fingerprint density at radius 3 is 2.10 bits per heavy atom. The zero-order valence-corrected chi connectivity index (χ0v) is 23.4. The molecule has 1 saturated heterocycles. The van der Waals surface area contributed by atoms with Gasteiger partial charge in [0.1, 0.15) is 0 Å². The van der Waals surface area contributed by atoms with Crippen LogP contribution in [0.15, 0.2) is 84.9 Å². The molecule has 1 fully saturated rings. The van der Waals surface area contributed by atoms with Gasteiger partial charge in [0.25, 0.3) is 5.91 Å². The molecule has 1 unspecified atom stereocenters. The van der Waals surface area contributed by atoms with E-state index in [0.29, 0.717) is 37.5 Å². The molecule has 0 radical (unpaired) electrons. The van der Waals surface area contributed by atoms with Crippen LogP contribution in [-0.4, -0.2) is 63.6 Å². The highest BCUT2D eigenvalue weighted by Gasteiger charge is 2.37. The summed E-state index contributed by atoms with van der Waals surface area (Å²) < 4.78 is 0.935. The van der Waals surface area contributed by atoms with Crippen LogP contribution in [0, 0.1) is 5.92 Å². The largest absolute Gasteiger partial charge is 0.481 e. The van der Waals surface area contributed by atoms with Crippen LogP contribution in [0.4, 0.5) is 9.93 Å². The lowest BCUT2D eigenvalue weighted by molar-refractivity contribution is -0.144. The first-order chi connectivity index (χ1) is 19.9. The molecule has 1 atom stereocenters. The number of carboxylic acid groups (broad SMARTS) is 1. The third-order valence-electron chi connectivity index (χ3n) is 7.61. The van der Waals surface area contributed by atoms with Gasteiger partial charge in [-0.2, -0.15) is 0 Å². The van der Waals surface area contributed by atoms with E-state index < -0.39 is 30.0 Å². The number of anilines is 1. The Morgan fingerprint density at radius 2 is 1.54 bits per heavy atom. The number of urea groups is 1. The fraction of sp³-hybridized carbons (Fsp3) is 0.290. The number of hydrogen-bond acceptors (Lipinski definition) is 6. The number of aliphatic carboxylic acids is 1. The molecule has 9 nitrogen and oxygen atoms in total. The first-order valence-electron chi connectivity index (χ1n) is 13.7. The second kappa shape index (κ2) is 12.9. The van der Waals surface area contributed by atoms with Crippen LogP contribution in [0.2, 0.25) is 0 Å². The molecule has 0 saturated carbocycles. The fourth-order valence-corrected chi connectivity index (χ4v) is 6.37. The van der Waals surface area contributed by atoms with Gasteiger partial charge in [0.05, 0.1) is 16.1 Å². The van der Waals surface area contributed by atoms with Gasteiger partial charge in [0.2, 0.25) is 0 Å². The lowest BCUT2D eigenvalue weighted by Crippen LogP contribution is -2.60. The number of carbonyl (C=O) groups is 3. The predicted molar refractivity (Wildman–Crippen MR) is 160 cm³/mol. The summed E-state index contributed by atoms with van der Waals surface area (Å²) in [6.07, 6.45) is 0.259. The number of benzene rings is 3. The minimum atomic E-state index is -1.04. The van der Waals surface area contributed by atoms with Crippen LogP contribution in [0.3, 0.4) is 0 Å². The second-order valence-corrected chi connectivity index (χ2v) is 11.2. The number of nitrogens with zero attached hydrogens (tertiary/aromatic N) is 3. The Hall–Kier alpha value is -4.28. The molecular formula is C31H33N5O4S. The van der Waals surface area contributed by atoms with Gasteiger partial charge in [-0.3, -0.25) is 24.7 Å². The SMILES string of the molecule is NC(=O)C(N1CCC(C(=O)O)CC1)N(CCC(c1ccccc1)c1ccccc1)C(=O)Nc1nc2ccccc2s1. The van der Waals surface area contributed by atoms with E-state index in [4.69, 9.17) is 5.73 Å². The number of nitrogens with one attached hydrogen (secondary N) is 1. The van der Waals surface area contributed by atoms with Crippen LogP contribution < -0.4 is 11.1 Å². The molecule has 41 heavy (non-hydrogen) atoms. The monoisotopic (exact) mass is 571 g/mol. The van der Waals surface area contributed by atoms with E-state index in [1.807, 2.05) is 65.6 Å². The summed E-state index contributed by atoms with van der Waals surface area (Å²) in [7, 11) is 0. The van der Waals surface area contributed by atoms with Crippen LogP contribution in [0.5, 0.6) is 0 Å². The van der Waals surface area contributed by atoms with Crippen molar-refractivity contribution < 1.29 is 19.5 Å². The Labute approximate surface area is 242 Å². The number of rotatable bonds is 10. The number of aromatic nitrogens is 1. The van der Waals surface area contributed by atoms with E-state index in [9.17, 15) is 19.5 Å². The van der Waals surface area contributed by atoms with E-state index in [1.54, 1.807) is 0 Å². The summed E-state index contributed by atoms with van der Waals surface area (Å²) >= 11 is 1.36. The number of carbonyl (C=O) groups excluding carboxylic acids is 2. The van der Waals surface area contributed by atoms with Crippen LogP contribution >= 0.6 is 11.3 Å². The van der Waals surface area contributed by atoms with Gasteiger partial charge in [-0.05, 0) is 42.5 Å². The van der Waals surface area contributed by atoms with Crippen molar-refractivity contribution in [2.45, 2.75) is 31.3 Å². The molecule has 4 aromatic rings. The van der Waals surface area contributed by atoms with Gasteiger partial charge in [-0.15, -0.1) is 0 Å². The smallest absolute Gasteiger partial charge is 0.325 e. The number of amides is 3. The third-order valence-corrected chi connectivity index (χ3v) is 8.56. The van der Waals surface area contributed by atoms with E-state index >= 15 is 0 Å². The normalized spacial score (nSPS) is 15.0. The molecule has 5 rings (SSSR count). The third kappa shape index (κ3) is 6.72. The number of thiazole rings is 1. The van der Waals surface area contributed by atoms with E-state index in [0.717, 1.165) is 21.3 Å². The molecule has 212 valence electrons. The van der Waals surface area contributed by atoms with Crippen molar-refractivity contribution in [1.82, 2.24) is 14.8 Å². The summed E-state index contributed by atoms with van der Waals surface area (Å²) in [5.41, 5.74) is 8.93. The Bertz CT molecular complexity index is 1420. The highest BCUT2D eigenvalue weighted by Crippen LogP contribution is 2.30. The molecule has 0 bridgehead atoms. The summed E-state index contributed by atoms with van der Waals surface area (Å²) in [5, 5.41) is 12.8. The quantitative estimate of drug-likeness (QED) is 0.247. The van der Waals surface area contributed by atoms with Gasteiger partial charge >= 0.3 is 12.0 Å². The van der Waals surface area contributed by atoms with E-state index in [-0.39, 0.29) is 12.5 Å². The number of likely N-dealkylation sites (tertiary alicyclic amines) is 1. The van der Waals surface area contributed by atoms with Crippen molar-refractivity contribution in [2.24, 2.45) is 11.7 Å². The van der Waals surface area contributed by atoms with Gasteiger partial charge in [-0.25, -0.2) is 9.78 Å². The number of hydrogen-bond donors (Lipinski definition) is 3. The van der Waals surface area contributed by atoms with Crippen molar-refractivity contribution in [2.75, 3.05) is 25.0 Å². The van der Waals surface area contributed by atoms with Crippen LogP contribution in [-0.2, 0) is 9.59 Å². The van der Waals surface area contributed by atoms with Crippen molar-refractivity contribution >= 4 is 44.6 Å². The average molecular weight is 572 g/mol. The molecule has 0 spiro atoms. The number of piperidine rings is 1. The zero-order valence-electron chi connectivity index (χ0n) is 22.6. The molecule has 3 amide bonds. The highest BCUT2D eigenvalue weighted by atomic mass is 32.1. The maximum atomic E-state index is 13.9. The first kappa shape index (κ1) is 28.3. The molecule has 10 heteroatoms. The van der Waals surface area contributed by atoms with Crippen molar-refractivity contribution in [3.05, 3.63) is 96.1 Å². The Balaban J connectivity index is 1.44. The summed E-state index contributed by atoms with van der Waals surface area (Å²) in [4.78, 5) is 46.2. The van der Waals surface area contributed by atoms with E-state index in [1.165, 1.54) is 16.2 Å². The zero-order chi connectivity index (χ0) is 28.8. The first-order valence-corrected chi connectivity index (χ1v) is 14.5. The number of para-hydroxylation sites is 1. The lowest BCUT2D eigenvalue weighted by atomic mass is 9.88. The summed E-state index contributed by atoms with van der Waals surface area (Å²) in [6.45, 7) is 0.921. The Morgan fingerprint density at radius 1 is 0.951 bits per heavy atom. The van der Waals surface area contributed by atoms with Gasteiger partial charge in [0, 0.05) is 25.6 Å². The molecule has 1 aromatic heterocycles. The standard InChI is InChI=1S/C31H33N5O4S/c32-27(37)28(35-18-15-23(16-19-35)29(38)39)36(31(40)34-30-33-25-13-7-8-14-26(25)41-30)20-17-24(21-9-3-1-4-10-21)22-11-5-2-6-12-22/h1-14,23-24,28H,15-20H2,(H2,32,37)(H,38,39)(H,33,34,40). The number of fused-ring (bicyclic) bond motifs is 1. The predicted octanol–water partition coefficient (Wildman–Crippen LogP) is 4.96. The maximum Gasteiger partial charge on any atom is 0.325 e. The molecule has 1 aliphatic rings. The van der Waals surface area contributed by atoms with Crippen molar-refractivity contribution in [3.63, 3.8) is 0 Å². The molecule has 0 aliphatic carbocycles. The van der Waals surface area contributed by atoms with Crippen molar-refractivity contribution in [1.29, 1.82) is 0 Å². The molecule has 1 aliphatic heterocycles.